The molecule has 2 fully saturated rings. The molecule has 3 heterocycles. The van der Waals surface area contributed by atoms with Crippen LogP contribution >= 0.6 is 11.8 Å². The third kappa shape index (κ3) is 5.35. The zero-order valence-corrected chi connectivity index (χ0v) is 16.8. The van der Waals surface area contributed by atoms with E-state index in [1.54, 1.807) is 0 Å². The van der Waals surface area contributed by atoms with Gasteiger partial charge in [-0.3, -0.25) is 14.7 Å². The first-order valence-electron chi connectivity index (χ1n) is 9.51. The molecule has 2 aliphatic heterocycles. The third-order valence-electron chi connectivity index (χ3n) is 4.99. The molecule has 1 unspecified atom stereocenters. The molecule has 0 saturated carbocycles. The van der Waals surface area contributed by atoms with Crippen LogP contribution in [-0.4, -0.2) is 65.3 Å². The van der Waals surface area contributed by atoms with Gasteiger partial charge in [0.1, 0.15) is 0 Å². The number of anilines is 1. The van der Waals surface area contributed by atoms with Crippen LogP contribution in [0.5, 0.6) is 0 Å². The minimum Gasteiger partial charge on any atom is -0.376 e. The molecule has 0 bridgehead atoms. The number of hydrogen-bond donors (Lipinski definition) is 2. The number of nitrogens with one attached hydrogen (secondary N) is 2. The highest BCUT2D eigenvalue weighted by Gasteiger charge is 2.26. The summed E-state index contributed by atoms with van der Waals surface area (Å²) in [6, 6.07) is -0.510. The molecule has 27 heavy (non-hydrogen) atoms. The van der Waals surface area contributed by atoms with Gasteiger partial charge in [0.05, 0.1) is 18.4 Å². The second-order valence-corrected chi connectivity index (χ2v) is 8.06. The van der Waals surface area contributed by atoms with Gasteiger partial charge in [-0.15, -0.1) is 10.2 Å². The zero-order valence-electron chi connectivity index (χ0n) is 15.9. The molecule has 9 nitrogen and oxygen atoms in total. The Kier molecular flexibility index (Phi) is 6.95. The molecule has 150 valence electrons. The van der Waals surface area contributed by atoms with Gasteiger partial charge in [0.15, 0.2) is 5.16 Å². The number of nitrogens with zero attached hydrogens (tertiary/aromatic N) is 4. The Bertz CT molecular complexity index is 653. The zero-order chi connectivity index (χ0) is 19.2. The number of urea groups is 1. The van der Waals surface area contributed by atoms with Crippen molar-refractivity contribution in [3.63, 3.8) is 0 Å². The number of hydrogen-bond acceptors (Lipinski definition) is 7. The van der Waals surface area contributed by atoms with Gasteiger partial charge in [0.25, 0.3) is 0 Å². The second-order valence-electron chi connectivity index (χ2n) is 7.11. The van der Waals surface area contributed by atoms with Gasteiger partial charge in [0.2, 0.25) is 11.9 Å². The number of imide groups is 1. The fraction of sp³-hybridized carbons (Fsp3) is 0.765. The van der Waals surface area contributed by atoms with Crippen LogP contribution in [-0.2, 0) is 16.1 Å². The van der Waals surface area contributed by atoms with Crippen molar-refractivity contribution < 1.29 is 14.3 Å². The molecule has 0 radical (unpaired) electrons. The lowest BCUT2D eigenvalue weighted by Gasteiger charge is -2.31. The van der Waals surface area contributed by atoms with Gasteiger partial charge in [-0.05, 0) is 31.6 Å². The number of ether oxygens (including phenoxy) is 1. The van der Waals surface area contributed by atoms with Gasteiger partial charge in [0, 0.05) is 26.7 Å². The molecular weight excluding hydrogens is 368 g/mol. The van der Waals surface area contributed by atoms with Crippen molar-refractivity contribution >= 4 is 29.6 Å². The Balaban J connectivity index is 1.70. The molecule has 2 aliphatic rings. The molecule has 10 heteroatoms. The number of aromatic nitrogens is 3. The van der Waals surface area contributed by atoms with Crippen molar-refractivity contribution in [1.82, 2.24) is 25.4 Å². The van der Waals surface area contributed by atoms with Crippen molar-refractivity contribution in [2.45, 2.75) is 50.4 Å². The number of thioether (sulfide) groups is 1. The minimum atomic E-state index is -0.510. The van der Waals surface area contributed by atoms with E-state index < -0.39 is 6.03 Å². The fourth-order valence-corrected chi connectivity index (χ4v) is 4.08. The van der Waals surface area contributed by atoms with Crippen molar-refractivity contribution in [1.29, 1.82) is 0 Å². The summed E-state index contributed by atoms with van der Waals surface area (Å²) in [5, 5.41) is 14.1. The van der Waals surface area contributed by atoms with Crippen molar-refractivity contribution in [2.24, 2.45) is 5.92 Å². The highest BCUT2D eigenvalue weighted by atomic mass is 32.2. The second kappa shape index (κ2) is 9.41. The van der Waals surface area contributed by atoms with Gasteiger partial charge in [-0.2, -0.15) is 0 Å². The Morgan fingerprint density at radius 1 is 1.26 bits per heavy atom. The van der Waals surface area contributed by atoms with E-state index in [0.29, 0.717) is 11.7 Å². The summed E-state index contributed by atoms with van der Waals surface area (Å²) in [6.07, 6.45) is 4.53. The molecule has 3 rings (SSSR count). The van der Waals surface area contributed by atoms with E-state index in [1.807, 2.05) is 0 Å². The van der Waals surface area contributed by atoms with E-state index in [2.05, 4.69) is 37.2 Å². The van der Waals surface area contributed by atoms with E-state index in [9.17, 15) is 9.59 Å². The van der Waals surface area contributed by atoms with Gasteiger partial charge in [-0.1, -0.05) is 18.7 Å². The number of amides is 3. The predicted octanol–water partition coefficient (Wildman–Crippen LogP) is 1.24. The van der Waals surface area contributed by atoms with E-state index >= 15 is 0 Å². The van der Waals surface area contributed by atoms with Crippen molar-refractivity contribution in [3.8, 4) is 0 Å². The van der Waals surface area contributed by atoms with E-state index in [0.717, 1.165) is 57.2 Å². The standard InChI is InChI=1S/C17H28N6O3S/c1-12-5-7-22(8-6-12)16-20-21-17(23(16)10-13-4-3-9-26-13)27-11-14(24)19-15(25)18-2/h12-13H,3-11H2,1-2H3,(H2,18,19,24,25). The van der Waals surface area contributed by atoms with Crippen molar-refractivity contribution in [2.75, 3.05) is 37.4 Å². The molecule has 0 aromatic carbocycles. The highest BCUT2D eigenvalue weighted by Crippen LogP contribution is 2.27. The van der Waals surface area contributed by atoms with Gasteiger partial charge in [-0.25, -0.2) is 4.79 Å². The predicted molar refractivity (Wildman–Crippen MR) is 103 cm³/mol. The van der Waals surface area contributed by atoms with Crippen LogP contribution < -0.4 is 15.5 Å². The molecular formula is C17H28N6O3S. The summed E-state index contributed by atoms with van der Waals surface area (Å²) < 4.78 is 7.87. The first kappa shape index (κ1) is 19.9. The summed E-state index contributed by atoms with van der Waals surface area (Å²) in [5.74, 6) is 1.33. The monoisotopic (exact) mass is 396 g/mol. The number of carbonyl (C=O) groups is 2. The first-order chi connectivity index (χ1) is 13.1. The lowest BCUT2D eigenvalue weighted by molar-refractivity contribution is -0.117. The quantitative estimate of drug-likeness (QED) is 0.698. The van der Waals surface area contributed by atoms with Crippen LogP contribution in [0.15, 0.2) is 5.16 Å². The molecule has 1 aromatic rings. The van der Waals surface area contributed by atoms with Crippen LogP contribution in [0.3, 0.4) is 0 Å². The molecule has 0 spiro atoms. The minimum absolute atomic E-state index is 0.105. The van der Waals surface area contributed by atoms with Crippen LogP contribution in [0.1, 0.15) is 32.6 Å². The van der Waals surface area contributed by atoms with E-state index in [4.69, 9.17) is 4.74 Å². The molecule has 1 atom stereocenters. The third-order valence-corrected chi connectivity index (χ3v) is 5.95. The maximum Gasteiger partial charge on any atom is 0.321 e. The number of carbonyl (C=O) groups excluding carboxylic acids is 2. The maximum atomic E-state index is 11.9. The summed E-state index contributed by atoms with van der Waals surface area (Å²) in [6.45, 7) is 5.69. The normalized spacial score (nSPS) is 20.7. The molecule has 3 amide bonds. The Labute approximate surface area is 163 Å². The lowest BCUT2D eigenvalue weighted by Crippen LogP contribution is -2.38. The summed E-state index contributed by atoms with van der Waals surface area (Å²) in [5.41, 5.74) is 0. The SMILES string of the molecule is CNC(=O)NC(=O)CSc1nnc(N2CCC(C)CC2)n1CC1CCCO1. The number of rotatable bonds is 6. The van der Waals surface area contributed by atoms with E-state index in [1.165, 1.54) is 18.8 Å². The molecule has 2 saturated heterocycles. The molecule has 1 aromatic heterocycles. The molecule has 0 aliphatic carbocycles. The fourth-order valence-electron chi connectivity index (χ4n) is 3.34. The first-order valence-corrected chi connectivity index (χ1v) is 10.5. The Morgan fingerprint density at radius 2 is 2.04 bits per heavy atom. The molecule has 2 N–H and O–H groups in total. The highest BCUT2D eigenvalue weighted by molar-refractivity contribution is 7.99. The number of piperidine rings is 1. The van der Waals surface area contributed by atoms with Crippen LogP contribution in [0.2, 0.25) is 0 Å². The average molecular weight is 397 g/mol. The maximum absolute atomic E-state index is 11.9. The van der Waals surface area contributed by atoms with E-state index in [-0.39, 0.29) is 17.8 Å². The summed E-state index contributed by atoms with van der Waals surface area (Å²) in [4.78, 5) is 25.4. The van der Waals surface area contributed by atoms with Crippen LogP contribution in [0, 0.1) is 5.92 Å². The Morgan fingerprint density at radius 3 is 2.70 bits per heavy atom. The van der Waals surface area contributed by atoms with Crippen molar-refractivity contribution in [3.05, 3.63) is 0 Å². The largest absolute Gasteiger partial charge is 0.376 e. The topological polar surface area (TPSA) is 101 Å². The summed E-state index contributed by atoms with van der Waals surface area (Å²) in [7, 11) is 1.47. The Hall–Kier alpha value is -1.81. The summed E-state index contributed by atoms with van der Waals surface area (Å²) >= 11 is 1.29. The average Bonchev–Trinajstić information content (AvgIpc) is 3.31. The smallest absolute Gasteiger partial charge is 0.321 e. The van der Waals surface area contributed by atoms with Gasteiger partial charge < -0.3 is 15.0 Å². The van der Waals surface area contributed by atoms with Crippen LogP contribution in [0.4, 0.5) is 10.7 Å². The van der Waals surface area contributed by atoms with Crippen LogP contribution in [0.25, 0.3) is 0 Å². The lowest BCUT2D eigenvalue weighted by atomic mass is 10.00. The van der Waals surface area contributed by atoms with Gasteiger partial charge >= 0.3 is 6.03 Å².